The largest absolute Gasteiger partial charge is 0.437 e. The fourth-order valence-electron chi connectivity index (χ4n) is 2.32. The van der Waals surface area contributed by atoms with Gasteiger partial charge in [-0.1, -0.05) is 30.5 Å². The number of para-hydroxylation sites is 1. The Bertz CT molecular complexity index is 515. The summed E-state index contributed by atoms with van der Waals surface area (Å²) in [6.07, 6.45) is 4.83. The van der Waals surface area contributed by atoms with Crippen LogP contribution in [0.15, 0.2) is 22.6 Å². The zero-order valence-electron chi connectivity index (χ0n) is 9.58. The molecule has 1 aliphatic heterocycles. The van der Waals surface area contributed by atoms with Gasteiger partial charge in [-0.25, -0.2) is 4.98 Å². The lowest BCUT2D eigenvalue weighted by molar-refractivity contribution is 0.410. The van der Waals surface area contributed by atoms with Crippen LogP contribution in [0.4, 0.5) is 0 Å². The van der Waals surface area contributed by atoms with Gasteiger partial charge < -0.3 is 9.73 Å². The van der Waals surface area contributed by atoms with Crippen LogP contribution in [0.25, 0.3) is 11.1 Å². The topological polar surface area (TPSA) is 38.1 Å². The molecule has 1 saturated heterocycles. The van der Waals surface area contributed by atoms with Crippen molar-refractivity contribution in [3.63, 3.8) is 0 Å². The third kappa shape index (κ3) is 2.17. The lowest BCUT2D eigenvalue weighted by Gasteiger charge is -2.10. The summed E-state index contributed by atoms with van der Waals surface area (Å²) in [4.78, 5) is 4.53. The Morgan fingerprint density at radius 3 is 3.12 bits per heavy atom. The Balaban J connectivity index is 1.96. The minimum atomic E-state index is 0.237. The molecule has 1 N–H and O–H groups in total. The van der Waals surface area contributed by atoms with E-state index in [0.29, 0.717) is 10.6 Å². The van der Waals surface area contributed by atoms with E-state index in [4.69, 9.17) is 16.0 Å². The average molecular weight is 251 g/mol. The molecular weight excluding hydrogens is 236 g/mol. The molecule has 0 bridgehead atoms. The summed E-state index contributed by atoms with van der Waals surface area (Å²) in [6.45, 7) is 1.04. The van der Waals surface area contributed by atoms with E-state index in [9.17, 15) is 0 Å². The van der Waals surface area contributed by atoms with Crippen molar-refractivity contribution in [3.8, 4) is 0 Å². The quantitative estimate of drug-likeness (QED) is 0.839. The van der Waals surface area contributed by atoms with Gasteiger partial charge in [-0.05, 0) is 31.5 Å². The van der Waals surface area contributed by atoms with Crippen LogP contribution in [0.5, 0.6) is 0 Å². The van der Waals surface area contributed by atoms with Gasteiger partial charge in [0.15, 0.2) is 5.58 Å². The van der Waals surface area contributed by atoms with Gasteiger partial charge >= 0.3 is 0 Å². The number of benzene rings is 1. The van der Waals surface area contributed by atoms with Crippen LogP contribution in [0.2, 0.25) is 5.02 Å². The zero-order chi connectivity index (χ0) is 11.7. The summed E-state index contributed by atoms with van der Waals surface area (Å²) < 4.78 is 5.79. The van der Waals surface area contributed by atoms with Gasteiger partial charge in [0, 0.05) is 0 Å². The number of aromatic nitrogens is 1. The number of nitrogens with zero attached hydrogens (tertiary/aromatic N) is 1. The van der Waals surface area contributed by atoms with Crippen LogP contribution in [0.3, 0.4) is 0 Å². The number of fused-ring (bicyclic) bond motifs is 1. The van der Waals surface area contributed by atoms with Gasteiger partial charge in [-0.2, -0.15) is 0 Å². The van der Waals surface area contributed by atoms with Crippen LogP contribution in [-0.4, -0.2) is 11.5 Å². The minimum absolute atomic E-state index is 0.237. The molecule has 0 radical (unpaired) electrons. The second kappa shape index (κ2) is 4.67. The summed E-state index contributed by atoms with van der Waals surface area (Å²) in [5.41, 5.74) is 1.55. The maximum atomic E-state index is 6.09. The molecule has 1 aromatic heterocycles. The SMILES string of the molecule is Clc1cccc2nc(C3CCCCCN3)oc12. The number of halogens is 1. The van der Waals surface area contributed by atoms with E-state index in [1.54, 1.807) is 0 Å². The van der Waals surface area contributed by atoms with Gasteiger partial charge in [0.05, 0.1) is 11.1 Å². The second-order valence-electron chi connectivity index (χ2n) is 4.50. The predicted octanol–water partition coefficient (Wildman–Crippen LogP) is 3.69. The monoisotopic (exact) mass is 250 g/mol. The van der Waals surface area contributed by atoms with Crippen molar-refractivity contribution >= 4 is 22.7 Å². The molecule has 2 aromatic rings. The highest BCUT2D eigenvalue weighted by atomic mass is 35.5. The van der Waals surface area contributed by atoms with Crippen LogP contribution < -0.4 is 5.32 Å². The van der Waals surface area contributed by atoms with Gasteiger partial charge in [-0.3, -0.25) is 0 Å². The number of nitrogens with one attached hydrogen (secondary N) is 1. The van der Waals surface area contributed by atoms with Gasteiger partial charge in [0.25, 0.3) is 0 Å². The highest BCUT2D eigenvalue weighted by Gasteiger charge is 2.19. The van der Waals surface area contributed by atoms with E-state index >= 15 is 0 Å². The maximum absolute atomic E-state index is 6.09. The molecule has 1 aliphatic rings. The van der Waals surface area contributed by atoms with Crippen LogP contribution >= 0.6 is 11.6 Å². The van der Waals surface area contributed by atoms with Crippen molar-refractivity contribution in [1.82, 2.24) is 10.3 Å². The number of hydrogen-bond donors (Lipinski definition) is 1. The van der Waals surface area contributed by atoms with Crippen LogP contribution in [-0.2, 0) is 0 Å². The lowest BCUT2D eigenvalue weighted by Crippen LogP contribution is -2.20. The van der Waals surface area contributed by atoms with E-state index in [1.165, 1.54) is 19.3 Å². The highest BCUT2D eigenvalue weighted by molar-refractivity contribution is 6.34. The van der Waals surface area contributed by atoms with Crippen molar-refractivity contribution in [2.24, 2.45) is 0 Å². The van der Waals surface area contributed by atoms with Crippen LogP contribution in [0.1, 0.15) is 37.6 Å². The molecule has 1 unspecified atom stereocenters. The van der Waals surface area contributed by atoms with Gasteiger partial charge in [-0.15, -0.1) is 0 Å². The molecule has 3 rings (SSSR count). The molecule has 2 heterocycles. The first kappa shape index (κ1) is 11.1. The molecule has 0 saturated carbocycles. The zero-order valence-corrected chi connectivity index (χ0v) is 10.3. The summed E-state index contributed by atoms with van der Waals surface area (Å²) in [5.74, 6) is 0.773. The van der Waals surface area contributed by atoms with Crippen molar-refractivity contribution in [2.75, 3.05) is 6.54 Å². The predicted molar refractivity (Wildman–Crippen MR) is 68.2 cm³/mol. The lowest BCUT2D eigenvalue weighted by atomic mass is 10.1. The summed E-state index contributed by atoms with van der Waals surface area (Å²) in [5, 5.41) is 4.11. The molecule has 1 fully saturated rings. The van der Waals surface area contributed by atoms with Crippen molar-refractivity contribution < 1.29 is 4.42 Å². The first-order valence-corrected chi connectivity index (χ1v) is 6.51. The molecule has 17 heavy (non-hydrogen) atoms. The Morgan fingerprint density at radius 1 is 1.29 bits per heavy atom. The number of hydrogen-bond acceptors (Lipinski definition) is 3. The van der Waals surface area contributed by atoms with Crippen molar-refractivity contribution in [3.05, 3.63) is 29.1 Å². The Labute approximate surface area is 105 Å². The smallest absolute Gasteiger partial charge is 0.212 e. The molecule has 1 atom stereocenters. The number of rotatable bonds is 1. The molecular formula is C13H15ClN2O. The molecule has 90 valence electrons. The average Bonchev–Trinajstić information content (AvgIpc) is 2.59. The fraction of sp³-hybridized carbons (Fsp3) is 0.462. The molecule has 3 nitrogen and oxygen atoms in total. The highest BCUT2D eigenvalue weighted by Crippen LogP contribution is 2.29. The first-order valence-electron chi connectivity index (χ1n) is 6.13. The van der Waals surface area contributed by atoms with E-state index < -0.39 is 0 Å². The summed E-state index contributed by atoms with van der Waals surface area (Å²) in [7, 11) is 0. The Kier molecular flexibility index (Phi) is 3.04. The number of oxazole rings is 1. The second-order valence-corrected chi connectivity index (χ2v) is 4.90. The van der Waals surface area contributed by atoms with Gasteiger partial charge in [0.2, 0.25) is 5.89 Å². The van der Waals surface area contributed by atoms with Crippen molar-refractivity contribution in [2.45, 2.75) is 31.7 Å². The normalized spacial score (nSPS) is 21.6. The van der Waals surface area contributed by atoms with E-state index in [0.717, 1.165) is 24.4 Å². The molecule has 0 aliphatic carbocycles. The molecule has 0 spiro atoms. The Hall–Kier alpha value is -1.06. The summed E-state index contributed by atoms with van der Waals surface area (Å²) in [6, 6.07) is 5.91. The molecule has 0 amide bonds. The third-order valence-electron chi connectivity index (χ3n) is 3.24. The standard InChI is InChI=1S/C13H15ClN2O/c14-9-5-4-7-10-12(9)17-13(16-10)11-6-2-1-3-8-15-11/h4-5,7,11,15H,1-3,6,8H2. The summed E-state index contributed by atoms with van der Waals surface area (Å²) >= 11 is 6.09. The van der Waals surface area contributed by atoms with Crippen molar-refractivity contribution in [1.29, 1.82) is 0 Å². The minimum Gasteiger partial charge on any atom is -0.437 e. The van der Waals surface area contributed by atoms with E-state index in [1.807, 2.05) is 18.2 Å². The third-order valence-corrected chi connectivity index (χ3v) is 3.54. The molecule has 4 heteroatoms. The van der Waals surface area contributed by atoms with E-state index in [-0.39, 0.29) is 6.04 Å². The Morgan fingerprint density at radius 2 is 2.24 bits per heavy atom. The van der Waals surface area contributed by atoms with E-state index in [2.05, 4.69) is 10.3 Å². The van der Waals surface area contributed by atoms with Crippen LogP contribution in [0, 0.1) is 0 Å². The van der Waals surface area contributed by atoms with Gasteiger partial charge in [0.1, 0.15) is 5.52 Å². The first-order chi connectivity index (χ1) is 8.34. The maximum Gasteiger partial charge on any atom is 0.212 e. The fourth-order valence-corrected chi connectivity index (χ4v) is 2.53. The molecule has 1 aromatic carbocycles.